The minimum Gasteiger partial charge on any atom is -0.748 e. The molecule has 0 bridgehead atoms. The van der Waals surface area contributed by atoms with E-state index in [4.69, 9.17) is 75.5 Å². The first kappa shape index (κ1) is 116. The number of nitrogens with zero attached hydrogens (tertiary/aromatic N) is 12. The van der Waals surface area contributed by atoms with Gasteiger partial charge < -0.3 is 101 Å². The third-order valence-corrected chi connectivity index (χ3v) is 23.8. The van der Waals surface area contributed by atoms with Gasteiger partial charge in [0.05, 0.1) is 85.2 Å². The van der Waals surface area contributed by atoms with Crippen LogP contribution >= 0.6 is 0 Å². The number of ether oxygens (including phenoxy) is 3. The summed E-state index contributed by atoms with van der Waals surface area (Å²) in [5.41, 5.74) is 15.9. The van der Waals surface area contributed by atoms with E-state index in [0.29, 0.717) is 128 Å². The van der Waals surface area contributed by atoms with Crippen molar-refractivity contribution in [2.24, 2.45) is 0 Å². The van der Waals surface area contributed by atoms with Crippen molar-refractivity contribution in [3.8, 4) is 17.2 Å². The molecular weight excluding hydrogens is 1940 g/mol. The van der Waals surface area contributed by atoms with Crippen molar-refractivity contribution < 1.29 is 123 Å². The molecule has 0 saturated carbocycles. The number of methoxy groups -OCH3 is 2. The van der Waals surface area contributed by atoms with E-state index in [0.717, 1.165) is 115 Å². The Labute approximate surface area is 826 Å². The Morgan fingerprint density at radius 2 is 1.06 bits per heavy atom. The number of pyridine rings is 4. The van der Waals surface area contributed by atoms with Gasteiger partial charge >= 0.3 is 39.0 Å². The molecule has 4 N–H and O–H groups in total. The molecule has 0 radical (unpaired) electrons. The summed E-state index contributed by atoms with van der Waals surface area (Å²) in [5, 5.41) is 67.7. The summed E-state index contributed by atoms with van der Waals surface area (Å²) in [6, 6.07) is 49.5. The SMILES string of the molecule is COc1ccc2c(c1)C(C)(C)C(/C=C/C1=C(c3ccc(CCC(=O)N[C@@H](CCCCNC(=O)C(C)[18F])C(=O)NCCCCOc4cc(CN(Cc5ccccn5)Cc5ccccn5)cc(CN(Cc5ccccn5)Cc5ccccn5)c4)cc3)C(=C\C=C3/N(CCCCS(=O)(=O)O)c4ccc(OC)cc4C3(C)C)/CCC1)=[N+]2CCCCS(=O)(=O)[O-].O=[N+]([O-])[O-].O=[N+]([O-])[O-].O=[N+]([O-])[O-].O=[N+]([O-])[O-].[Zn+2].[Zn+2]. The molecule has 1 aliphatic carbocycles. The summed E-state index contributed by atoms with van der Waals surface area (Å²) in [6.45, 7) is 15.2. The van der Waals surface area contributed by atoms with Gasteiger partial charge in [0, 0.05) is 137 Å². The first-order chi connectivity index (χ1) is 64.6. The summed E-state index contributed by atoms with van der Waals surface area (Å²) < 4.78 is 103. The minimum absolute atomic E-state index is 0. The van der Waals surface area contributed by atoms with Gasteiger partial charge in [-0.15, -0.1) is 0 Å². The Morgan fingerprint density at radius 1 is 0.565 bits per heavy atom. The fourth-order valence-electron chi connectivity index (χ4n) is 16.1. The Morgan fingerprint density at radius 3 is 1.54 bits per heavy atom. The number of hydrogen-bond donors (Lipinski definition) is 4. The summed E-state index contributed by atoms with van der Waals surface area (Å²) >= 11 is 0. The van der Waals surface area contributed by atoms with Gasteiger partial charge in [-0.3, -0.25) is 48.7 Å². The van der Waals surface area contributed by atoms with Crippen LogP contribution in [0, 0.1) is 61.3 Å². The molecule has 3 aliphatic rings. The first-order valence-corrected chi connectivity index (χ1v) is 47.0. The smallest absolute Gasteiger partial charge is 0.748 e. The molecular formula is C94H114FN15O24S2Zn2. The predicted octanol–water partition coefficient (Wildman–Crippen LogP) is 13.9. The number of nitrogens with one attached hydrogen (secondary N) is 3. The Kier molecular flexibility index (Phi) is 48.9. The molecule has 0 fully saturated rings. The van der Waals surface area contributed by atoms with Crippen molar-refractivity contribution in [3.05, 3.63) is 335 Å². The largest absolute Gasteiger partial charge is 2.00 e. The predicted molar refractivity (Wildman–Crippen MR) is 507 cm³/mol. The van der Waals surface area contributed by atoms with E-state index in [1.807, 2.05) is 140 Å². The van der Waals surface area contributed by atoms with Crippen molar-refractivity contribution in [3.63, 3.8) is 0 Å². The number of carbonyl (C=O) groups excluding carboxylic acids is 3. The van der Waals surface area contributed by atoms with Gasteiger partial charge in [0.15, 0.2) is 11.9 Å². The minimum atomic E-state index is -4.41. The van der Waals surface area contributed by atoms with Crippen LogP contribution in [0.5, 0.6) is 17.2 Å². The molecule has 44 heteroatoms. The maximum absolute atomic E-state index is 14.3. The number of anilines is 1. The van der Waals surface area contributed by atoms with Gasteiger partial charge in [0.1, 0.15) is 29.8 Å². The van der Waals surface area contributed by atoms with Crippen LogP contribution < -0.4 is 35.1 Å². The third kappa shape index (κ3) is 40.6. The number of unbranched alkanes of at least 4 members (excludes halogenated alkanes) is 4. The van der Waals surface area contributed by atoms with E-state index in [1.54, 1.807) is 14.2 Å². The van der Waals surface area contributed by atoms with Crippen LogP contribution in [0.4, 0.5) is 15.8 Å². The molecule has 4 aromatic heterocycles. The topological polar surface area (TPSA) is 556 Å². The standard InChI is InChI=1S/C94H114FN11O12S2.4NO3.2Zn/c1-68(95)91(108)100-50-17-12-31-84(92(109)101-51-18-21-54-118-81-58-70(62-103(64-75-27-8-13-46-96-75)65-76-28-9-14-47-97-76)57-71(59-81)63-104(66-77-29-10-15-48-98-77)67-78-30-11-16-49-99-78)102-89(107)45-34-69-32-35-74(36-33-69)90-72(37-43-87-93(2,3)82-60-79(116-6)39-41-85(82)105(87)52-19-22-55-119(110,111)112)25-24-26-73(90)38-44-88-94(4,5)83-61-80(117-7)40-42-86(83)106(88)53-20-23-56-120(113,114)115;4*2-1(3)4;;/h8-11,13-16,27-30,32-33,35-44,46-49,57-61,68,84H,12,17-26,31,34,45,50-56,62-67H2,1-7H3,(H4-,100,101,102,107,108,109,110,111,112,113,114,115);;;;;;/q;4*-1;2*+2/t68?,84-;;;;;;/m0....../s1/i95-1;;;;;;. The van der Waals surface area contributed by atoms with Crippen molar-refractivity contribution in [2.75, 3.05) is 63.4 Å². The number of halogens is 1. The van der Waals surface area contributed by atoms with E-state index in [2.05, 4.69) is 144 Å². The fraction of sp³-hybridized carbons (Fsp3) is 0.404. The molecule has 0 spiro atoms. The first-order valence-electron chi connectivity index (χ1n) is 43.8. The Balaban J connectivity index is 0.00000173. The molecule has 1 unspecified atom stereocenters. The number of fused-ring (bicyclic) bond motifs is 2. The van der Waals surface area contributed by atoms with Gasteiger partial charge in [-0.05, 0) is 239 Å². The average Bonchev–Trinajstić information content (AvgIpc) is 1.59. The number of amides is 3. The second-order valence-corrected chi connectivity index (χ2v) is 36.1. The maximum Gasteiger partial charge on any atom is 2.00 e. The van der Waals surface area contributed by atoms with Crippen molar-refractivity contribution in [1.82, 2.24) is 45.7 Å². The van der Waals surface area contributed by atoms with Crippen LogP contribution in [-0.2, 0) is 130 Å². The quantitative estimate of drug-likeness (QED) is 0.00687. The normalized spacial score (nSPS) is 14.3. The number of rotatable bonds is 45. The van der Waals surface area contributed by atoms with Crippen LogP contribution in [-0.4, -0.2) is 175 Å². The van der Waals surface area contributed by atoms with Crippen LogP contribution in [0.25, 0.3) is 5.57 Å². The zero-order valence-electron chi connectivity index (χ0n) is 78.1. The maximum atomic E-state index is 14.3. The molecule has 0 saturated heterocycles. The molecule has 2 atom stereocenters. The summed E-state index contributed by atoms with van der Waals surface area (Å²) in [5.74, 6) is -0.0471. The number of allylic oxidation sites excluding steroid dienone is 8. The van der Waals surface area contributed by atoms with E-state index in [9.17, 15) is 44.7 Å². The van der Waals surface area contributed by atoms with Gasteiger partial charge in [-0.25, -0.2) is 12.8 Å². The molecule has 732 valence electrons. The number of aryl methyl sites for hydroxylation is 1. The van der Waals surface area contributed by atoms with E-state index < -0.39 is 75.3 Å². The molecule has 2 aliphatic heterocycles. The number of alkyl halides is 1. The Bertz CT molecular complexity index is 5450. The molecule has 39 nitrogen and oxygen atoms in total. The van der Waals surface area contributed by atoms with Crippen molar-refractivity contribution >= 4 is 60.6 Å². The van der Waals surface area contributed by atoms with Gasteiger partial charge in [-0.2, -0.15) is 13.0 Å². The number of benzene rings is 4. The van der Waals surface area contributed by atoms with Crippen LogP contribution in [0.2, 0.25) is 0 Å². The Hall–Kier alpha value is -12.6. The summed E-state index contributed by atoms with van der Waals surface area (Å²) in [6.07, 6.45) is 20.9. The molecule has 138 heavy (non-hydrogen) atoms. The van der Waals surface area contributed by atoms with E-state index in [1.165, 1.54) is 6.92 Å². The zero-order chi connectivity index (χ0) is 99.6. The summed E-state index contributed by atoms with van der Waals surface area (Å²) in [4.78, 5) is 99.2. The second kappa shape index (κ2) is 58.2. The monoisotopic (exact) mass is 2050 g/mol. The fourth-order valence-corrected chi connectivity index (χ4v) is 17.2. The van der Waals surface area contributed by atoms with Gasteiger partial charge in [0.2, 0.25) is 17.5 Å². The van der Waals surface area contributed by atoms with Gasteiger partial charge in [-0.1, -0.05) is 80.6 Å². The molecule has 3 amide bonds. The zero-order valence-corrected chi connectivity index (χ0v) is 85.7. The van der Waals surface area contributed by atoms with Crippen LogP contribution in [0.15, 0.2) is 218 Å². The van der Waals surface area contributed by atoms with Crippen LogP contribution in [0.3, 0.4) is 0 Å². The van der Waals surface area contributed by atoms with E-state index in [-0.39, 0.29) is 88.8 Å². The molecule has 4 aromatic carbocycles. The van der Waals surface area contributed by atoms with Crippen molar-refractivity contribution in [1.29, 1.82) is 0 Å². The summed E-state index contributed by atoms with van der Waals surface area (Å²) in [7, 11) is -5.29. The average molecular weight is 2050 g/mol. The van der Waals surface area contributed by atoms with Gasteiger partial charge in [0.25, 0.3) is 16.0 Å². The number of hydrogen-bond acceptors (Lipinski definition) is 30. The van der Waals surface area contributed by atoms with Crippen molar-refractivity contribution in [2.45, 2.75) is 187 Å². The second-order valence-electron chi connectivity index (χ2n) is 33.0. The third-order valence-electron chi connectivity index (χ3n) is 22.2. The molecule has 6 heterocycles. The van der Waals surface area contributed by atoms with E-state index >= 15 is 0 Å². The molecule has 8 aromatic rings. The number of aromatic nitrogens is 4. The number of carbonyl (C=O) groups is 3. The van der Waals surface area contributed by atoms with Crippen LogP contribution in [0.1, 0.15) is 174 Å². The molecule has 11 rings (SSSR count).